The van der Waals surface area contributed by atoms with Crippen molar-refractivity contribution in [2.75, 3.05) is 6.61 Å². The van der Waals surface area contributed by atoms with Gasteiger partial charge in [-0.15, -0.1) is 0 Å². The number of allylic oxidation sites excluding steroid dienone is 2. The van der Waals surface area contributed by atoms with E-state index in [1.165, 1.54) is 0 Å². The van der Waals surface area contributed by atoms with Gasteiger partial charge in [-0.3, -0.25) is 4.79 Å². The molecule has 3 fully saturated rings. The Balaban J connectivity index is 1.55. The van der Waals surface area contributed by atoms with Crippen LogP contribution in [-0.4, -0.2) is 79.1 Å². The molecule has 1 unspecified atom stereocenters. The number of fused-ring (bicyclic) bond motifs is 2. The average Bonchev–Trinajstić information content (AvgIpc) is 3.36. The van der Waals surface area contributed by atoms with Crippen LogP contribution in [0.5, 0.6) is 0 Å². The van der Waals surface area contributed by atoms with Gasteiger partial charge in [0.2, 0.25) is 0 Å². The number of esters is 1. The number of ether oxygens (including phenoxy) is 4. The van der Waals surface area contributed by atoms with Crippen LogP contribution in [0.3, 0.4) is 0 Å². The van der Waals surface area contributed by atoms with Gasteiger partial charge >= 0.3 is 5.97 Å². The summed E-state index contributed by atoms with van der Waals surface area (Å²) in [5.74, 6) is -1.72. The second-order valence-corrected chi connectivity index (χ2v) is 22.2. The van der Waals surface area contributed by atoms with Crippen molar-refractivity contribution in [3.8, 4) is 0 Å². The lowest BCUT2D eigenvalue weighted by molar-refractivity contribution is -0.340. The number of rotatable bonds is 4. The van der Waals surface area contributed by atoms with E-state index >= 15 is 0 Å². The van der Waals surface area contributed by atoms with E-state index in [4.69, 9.17) is 23.4 Å². The zero-order chi connectivity index (χ0) is 36.1. The first-order chi connectivity index (χ1) is 22.8. The number of aliphatic hydroxyl groups is 2. The van der Waals surface area contributed by atoms with E-state index in [1.54, 1.807) is 0 Å². The molecule has 12 atom stereocenters. The van der Waals surface area contributed by atoms with Crippen molar-refractivity contribution in [3.63, 3.8) is 0 Å². The normalized spacial score (nSPS) is 43.1. The molecule has 0 aromatic heterocycles. The highest BCUT2D eigenvalue weighted by Crippen LogP contribution is 2.50. The Morgan fingerprint density at radius 3 is 2.51 bits per heavy atom. The van der Waals surface area contributed by atoms with E-state index in [9.17, 15) is 15.0 Å². The Bertz CT molecular complexity index is 1340. The third kappa shape index (κ3) is 7.65. The molecule has 0 amide bonds. The first kappa shape index (κ1) is 38.6. The zero-order valence-corrected chi connectivity index (χ0v) is 33.0. The predicted molar refractivity (Wildman–Crippen MR) is 194 cm³/mol. The van der Waals surface area contributed by atoms with E-state index in [2.05, 4.69) is 60.7 Å². The quantitative estimate of drug-likeness (QED) is 0.176. The Labute approximate surface area is 296 Å². The topological polar surface area (TPSA) is 104 Å². The Morgan fingerprint density at radius 1 is 1.12 bits per heavy atom. The largest absolute Gasteiger partial charge is 0.462 e. The molecule has 0 radical (unpaired) electrons. The molecule has 4 aliphatic heterocycles. The van der Waals surface area contributed by atoms with E-state index in [1.807, 2.05) is 45.1 Å². The van der Waals surface area contributed by atoms with Gasteiger partial charge in [-0.2, -0.15) is 0 Å². The number of hydrogen-bond donors (Lipinski definition) is 2. The minimum Gasteiger partial charge on any atom is -0.462 e. The Hall–Kier alpha value is -1.59. The molecule has 0 aromatic carbocycles. The summed E-state index contributed by atoms with van der Waals surface area (Å²) in [6, 6.07) is 0. The predicted octanol–water partition coefficient (Wildman–Crippen LogP) is 7.56. The molecular weight excluding hydrogens is 637 g/mol. The third-order valence-corrected chi connectivity index (χ3v) is 17.1. The van der Waals surface area contributed by atoms with Gasteiger partial charge in [-0.05, 0) is 73.4 Å². The van der Waals surface area contributed by atoms with Crippen LogP contribution < -0.4 is 0 Å². The smallest absolute Gasteiger partial charge is 0.316 e. The minimum absolute atomic E-state index is 0.0463. The molecule has 1 aliphatic carbocycles. The number of carbonyl (C=O) groups is 1. The van der Waals surface area contributed by atoms with Gasteiger partial charge in [0.1, 0.15) is 23.7 Å². The SMILES string of the molecule is CC[C@H](C)C1O[C@]2(CC[C@@H]1C)C[C@@H]1C[C@@H](C/C=C(/C)[C@@H](O)[C@@H](C)/C=C\C=C3CO[C@@H]4[C@H](O[Si](C)(C)C(C)(C)C)C(C)=C[C@@H](C(=O)O1)[C@]34O)O2. The van der Waals surface area contributed by atoms with Crippen molar-refractivity contribution in [1.29, 1.82) is 0 Å². The van der Waals surface area contributed by atoms with Crippen LogP contribution in [0.15, 0.2) is 47.1 Å². The van der Waals surface area contributed by atoms with Gasteiger partial charge in [0.15, 0.2) is 14.1 Å². The fourth-order valence-electron chi connectivity index (χ4n) is 8.18. The molecule has 3 saturated heterocycles. The molecule has 1 spiro atoms. The lowest BCUT2D eigenvalue weighted by Gasteiger charge is -2.51. The molecule has 49 heavy (non-hydrogen) atoms. The molecule has 5 rings (SSSR count). The zero-order valence-electron chi connectivity index (χ0n) is 32.0. The molecule has 5 aliphatic rings. The monoisotopic (exact) mass is 700 g/mol. The molecule has 2 bridgehead atoms. The van der Waals surface area contributed by atoms with Gasteiger partial charge in [0, 0.05) is 25.2 Å². The minimum atomic E-state index is -2.29. The first-order valence-corrected chi connectivity index (χ1v) is 21.7. The first-order valence-electron chi connectivity index (χ1n) is 18.8. The van der Waals surface area contributed by atoms with Crippen molar-refractivity contribution in [3.05, 3.63) is 47.1 Å². The summed E-state index contributed by atoms with van der Waals surface area (Å²) in [6.45, 7) is 23.7. The highest BCUT2D eigenvalue weighted by Gasteiger charge is 2.61. The fraction of sp³-hybridized carbons (Fsp3) is 0.775. The maximum atomic E-state index is 14.5. The summed E-state index contributed by atoms with van der Waals surface area (Å²) in [6.07, 6.45) is 11.1. The lowest BCUT2D eigenvalue weighted by Crippen LogP contribution is -2.60. The van der Waals surface area contributed by atoms with Gasteiger partial charge in [0.25, 0.3) is 0 Å². The van der Waals surface area contributed by atoms with Crippen LogP contribution in [0, 0.1) is 23.7 Å². The van der Waals surface area contributed by atoms with E-state index < -0.39 is 56.0 Å². The second kappa shape index (κ2) is 14.4. The molecule has 2 N–H and O–H groups in total. The van der Waals surface area contributed by atoms with Crippen molar-refractivity contribution < 1.29 is 38.4 Å². The fourth-order valence-corrected chi connectivity index (χ4v) is 9.48. The molecule has 0 aromatic rings. The molecule has 4 heterocycles. The van der Waals surface area contributed by atoms with Crippen LogP contribution in [0.25, 0.3) is 0 Å². The Kier molecular flexibility index (Phi) is 11.4. The van der Waals surface area contributed by atoms with Crippen LogP contribution in [-0.2, 0) is 28.2 Å². The Morgan fingerprint density at radius 2 is 1.84 bits per heavy atom. The van der Waals surface area contributed by atoms with Crippen LogP contribution in [0.2, 0.25) is 18.1 Å². The lowest BCUT2D eigenvalue weighted by atomic mass is 9.71. The third-order valence-electron chi connectivity index (χ3n) is 12.7. The van der Waals surface area contributed by atoms with Crippen molar-refractivity contribution >= 4 is 14.3 Å². The van der Waals surface area contributed by atoms with Crippen molar-refractivity contribution in [2.45, 2.75) is 167 Å². The van der Waals surface area contributed by atoms with Gasteiger partial charge in [-0.25, -0.2) is 0 Å². The van der Waals surface area contributed by atoms with Gasteiger partial charge in [-0.1, -0.05) is 85.3 Å². The molecule has 9 heteroatoms. The van der Waals surface area contributed by atoms with Crippen LogP contribution >= 0.6 is 0 Å². The van der Waals surface area contributed by atoms with E-state index in [0.717, 1.165) is 30.4 Å². The summed E-state index contributed by atoms with van der Waals surface area (Å²) in [5.41, 5.74) is 0.674. The van der Waals surface area contributed by atoms with Gasteiger partial charge < -0.3 is 33.6 Å². The maximum Gasteiger partial charge on any atom is 0.316 e. The summed E-state index contributed by atoms with van der Waals surface area (Å²) < 4.78 is 33.5. The highest BCUT2D eigenvalue weighted by molar-refractivity contribution is 6.74. The standard InChI is InChI=1S/C40H64O8Si/c1-12-24(2)34-27(5)18-19-39(47-34)22-31-21-30(46-39)17-16-26(4)33(41)25(3)14-13-15-29-23-44-36-35(48-49(10,11)38(7,8)9)28(6)20-32(37(42)45-31)40(29,36)43/h13-16,20,24-25,27,30-36,41,43H,12,17-19,21-23H2,1-11H3/b14-13-,26-16-,29-15?/t24-,25-,27-,30+,31-,32-,33-,34?,35+,36+,39+,40+/m0/s1. The van der Waals surface area contributed by atoms with E-state index in [-0.39, 0.29) is 29.8 Å². The highest BCUT2D eigenvalue weighted by atomic mass is 28.4. The molecule has 8 nitrogen and oxygen atoms in total. The van der Waals surface area contributed by atoms with E-state index in [0.29, 0.717) is 36.7 Å². The second-order valence-electron chi connectivity index (χ2n) is 17.4. The van der Waals surface area contributed by atoms with Crippen LogP contribution in [0.1, 0.15) is 101 Å². The van der Waals surface area contributed by atoms with Crippen molar-refractivity contribution in [2.24, 2.45) is 23.7 Å². The summed E-state index contributed by atoms with van der Waals surface area (Å²) in [4.78, 5) is 14.5. The van der Waals surface area contributed by atoms with Crippen LogP contribution in [0.4, 0.5) is 0 Å². The summed E-state index contributed by atoms with van der Waals surface area (Å²) in [5, 5.41) is 24.0. The average molecular weight is 701 g/mol. The maximum absolute atomic E-state index is 14.5. The number of aliphatic hydroxyl groups excluding tert-OH is 1. The summed E-state index contributed by atoms with van der Waals surface area (Å²) in [7, 11) is -2.29. The summed E-state index contributed by atoms with van der Waals surface area (Å²) >= 11 is 0. The molecule has 276 valence electrons. The van der Waals surface area contributed by atoms with Gasteiger partial charge in [0.05, 0.1) is 31.0 Å². The number of hydrogen-bond acceptors (Lipinski definition) is 8. The number of carbonyl (C=O) groups excluding carboxylic acids is 1. The molecule has 0 saturated carbocycles. The van der Waals surface area contributed by atoms with Crippen molar-refractivity contribution in [1.82, 2.24) is 0 Å². The molecular formula is C40H64O8Si.